The molecule has 0 aliphatic rings. The van der Waals surface area contributed by atoms with E-state index in [-0.39, 0.29) is 10.8 Å². The van der Waals surface area contributed by atoms with Crippen molar-refractivity contribution in [3.05, 3.63) is 66.6 Å². The van der Waals surface area contributed by atoms with E-state index in [9.17, 15) is 9.90 Å². The van der Waals surface area contributed by atoms with Crippen molar-refractivity contribution in [2.24, 2.45) is 0 Å². The summed E-state index contributed by atoms with van der Waals surface area (Å²) in [5.41, 5.74) is 3.46. The lowest BCUT2D eigenvalue weighted by atomic mass is 10.1. The second-order valence-corrected chi connectivity index (χ2v) is 7.41. The number of aromatic amines is 2. The third-order valence-corrected chi connectivity index (χ3v) is 5.41. The van der Waals surface area contributed by atoms with Crippen LogP contribution in [-0.2, 0) is 6.42 Å². The van der Waals surface area contributed by atoms with E-state index in [1.165, 1.54) is 0 Å². The number of hydrogen-bond acceptors (Lipinski definition) is 4. The third-order valence-electron chi connectivity index (χ3n) is 3.82. The van der Waals surface area contributed by atoms with Gasteiger partial charge in [-0.1, -0.05) is 58.8 Å². The Morgan fingerprint density at radius 1 is 1.08 bits per heavy atom. The first-order chi connectivity index (χ1) is 12.0. The summed E-state index contributed by atoms with van der Waals surface area (Å²) >= 11 is 13.1. The van der Waals surface area contributed by atoms with Crippen molar-refractivity contribution in [1.82, 2.24) is 15.0 Å². The van der Waals surface area contributed by atoms with Crippen LogP contribution in [0.5, 0.6) is 5.88 Å². The minimum Gasteiger partial charge on any atom is -0.494 e. The molecule has 2 heterocycles. The van der Waals surface area contributed by atoms with Gasteiger partial charge in [-0.05, 0) is 17.7 Å². The molecule has 0 fully saturated rings. The summed E-state index contributed by atoms with van der Waals surface area (Å²) in [5.74, 6) is 0.652. The number of aromatic hydroxyl groups is 1. The Morgan fingerprint density at radius 2 is 1.80 bits per heavy atom. The monoisotopic (exact) mass is 391 g/mol. The second kappa shape index (κ2) is 6.22. The molecule has 0 aliphatic carbocycles. The van der Waals surface area contributed by atoms with Crippen LogP contribution in [0.2, 0.25) is 10.0 Å². The van der Waals surface area contributed by atoms with Crippen LogP contribution in [0.1, 0.15) is 10.4 Å². The Bertz CT molecular complexity index is 1090. The number of nitrogens with zero attached hydrogens (tertiary/aromatic N) is 1. The number of fused-ring (bicyclic) bond motifs is 1. The van der Waals surface area contributed by atoms with Crippen molar-refractivity contribution in [3.63, 3.8) is 0 Å². The molecule has 3 N–H and O–H groups in total. The summed E-state index contributed by atoms with van der Waals surface area (Å²) in [5, 5.41) is 10.6. The average molecular weight is 392 g/mol. The zero-order chi connectivity index (χ0) is 17.6. The first-order valence-electron chi connectivity index (χ1n) is 7.34. The number of benzene rings is 2. The van der Waals surface area contributed by atoms with Crippen molar-refractivity contribution in [2.45, 2.75) is 6.42 Å². The van der Waals surface area contributed by atoms with Crippen molar-refractivity contribution < 1.29 is 5.11 Å². The molecular formula is C17H11Cl2N3O2S. The summed E-state index contributed by atoms with van der Waals surface area (Å²) in [6.07, 6.45) is 0.487. The lowest BCUT2D eigenvalue weighted by molar-refractivity contribution is 0.451. The largest absolute Gasteiger partial charge is 0.494 e. The molecule has 2 aromatic carbocycles. The van der Waals surface area contributed by atoms with Crippen LogP contribution < -0.4 is 4.87 Å². The van der Waals surface area contributed by atoms with Gasteiger partial charge in [0, 0.05) is 12.0 Å². The van der Waals surface area contributed by atoms with Crippen molar-refractivity contribution in [2.75, 3.05) is 0 Å². The van der Waals surface area contributed by atoms with Gasteiger partial charge in [-0.25, -0.2) is 4.98 Å². The highest BCUT2D eigenvalue weighted by atomic mass is 35.5. The predicted octanol–water partition coefficient (Wildman–Crippen LogP) is 4.58. The molecule has 0 saturated heterocycles. The molecule has 25 heavy (non-hydrogen) atoms. The zero-order valence-corrected chi connectivity index (χ0v) is 15.0. The van der Waals surface area contributed by atoms with E-state index in [0.29, 0.717) is 27.2 Å². The predicted molar refractivity (Wildman–Crippen MR) is 101 cm³/mol. The van der Waals surface area contributed by atoms with Gasteiger partial charge in [0.05, 0.1) is 26.0 Å². The van der Waals surface area contributed by atoms with E-state index in [0.717, 1.165) is 33.5 Å². The van der Waals surface area contributed by atoms with Crippen molar-refractivity contribution in [3.8, 4) is 17.3 Å². The Labute approximate surface area is 155 Å². The Morgan fingerprint density at radius 3 is 2.48 bits per heavy atom. The number of halogens is 2. The third kappa shape index (κ3) is 3.16. The van der Waals surface area contributed by atoms with Crippen LogP contribution in [0.25, 0.3) is 22.4 Å². The summed E-state index contributed by atoms with van der Waals surface area (Å²) in [4.78, 5) is 21.7. The summed E-state index contributed by atoms with van der Waals surface area (Å²) in [6, 6.07) is 11.2. The van der Waals surface area contributed by atoms with Gasteiger partial charge in [0.25, 0.3) is 0 Å². The molecule has 4 aromatic rings. The number of H-pyrrole nitrogens is 2. The molecule has 0 saturated carbocycles. The van der Waals surface area contributed by atoms with Crippen LogP contribution in [0.15, 0.2) is 41.2 Å². The zero-order valence-electron chi connectivity index (χ0n) is 12.6. The smallest absolute Gasteiger partial charge is 0.307 e. The van der Waals surface area contributed by atoms with Crippen molar-refractivity contribution >= 4 is 45.6 Å². The molecule has 5 nitrogen and oxygen atoms in total. The molecule has 2 aromatic heterocycles. The number of rotatable bonds is 3. The molecule has 0 aliphatic heterocycles. The quantitative estimate of drug-likeness (QED) is 0.477. The summed E-state index contributed by atoms with van der Waals surface area (Å²) < 4.78 is 0. The topological polar surface area (TPSA) is 81.8 Å². The number of thiazole rings is 1. The Hall–Kier alpha value is -2.28. The molecule has 0 atom stereocenters. The van der Waals surface area contributed by atoms with Gasteiger partial charge in [-0.15, -0.1) is 0 Å². The van der Waals surface area contributed by atoms with Gasteiger partial charge in [0.1, 0.15) is 5.82 Å². The first kappa shape index (κ1) is 16.2. The molecule has 8 heteroatoms. The first-order valence-corrected chi connectivity index (χ1v) is 8.92. The van der Waals surface area contributed by atoms with E-state index in [2.05, 4.69) is 15.0 Å². The van der Waals surface area contributed by atoms with Gasteiger partial charge in [0.15, 0.2) is 0 Å². The number of nitrogens with one attached hydrogen (secondary N) is 2. The average Bonchev–Trinajstić information content (AvgIpc) is 3.11. The van der Waals surface area contributed by atoms with Crippen LogP contribution in [0.3, 0.4) is 0 Å². The maximum atomic E-state index is 11.2. The number of aromatic nitrogens is 3. The van der Waals surface area contributed by atoms with E-state index in [4.69, 9.17) is 23.2 Å². The molecule has 0 bridgehead atoms. The van der Waals surface area contributed by atoms with Gasteiger partial charge >= 0.3 is 4.87 Å². The fraction of sp³-hybridized carbons (Fsp3) is 0.0588. The lowest BCUT2D eigenvalue weighted by Crippen LogP contribution is -1.89. The minimum atomic E-state index is -0.260. The van der Waals surface area contributed by atoms with Crippen LogP contribution in [0.4, 0.5) is 0 Å². The van der Waals surface area contributed by atoms with Crippen LogP contribution in [0, 0.1) is 0 Å². The second-order valence-electron chi connectivity index (χ2n) is 5.53. The van der Waals surface area contributed by atoms with Gasteiger partial charge in [0.2, 0.25) is 5.88 Å². The van der Waals surface area contributed by atoms with Crippen LogP contribution >= 0.6 is 34.5 Å². The van der Waals surface area contributed by atoms with Gasteiger partial charge in [-0.3, -0.25) is 9.78 Å². The Kier molecular flexibility index (Phi) is 4.03. The minimum absolute atomic E-state index is 0.0647. The van der Waals surface area contributed by atoms with Crippen LogP contribution in [-0.4, -0.2) is 20.1 Å². The number of hydrogen-bond donors (Lipinski definition) is 3. The SMILES string of the molecule is O=c1[nH]c(O)c(Cc2ccc(-c3nc4cc(Cl)c(Cl)cc4[nH]3)cc2)s1. The number of imidazole rings is 1. The molecule has 0 unspecified atom stereocenters. The maximum absolute atomic E-state index is 11.2. The normalized spacial score (nSPS) is 11.3. The molecule has 0 amide bonds. The van der Waals surface area contributed by atoms with E-state index >= 15 is 0 Å². The standard InChI is InChI=1S/C17H11Cl2N3O2S/c18-10-6-12-13(7-11(10)19)21-15(20-12)9-3-1-8(2-4-9)5-14-16(23)22-17(24)25-14/h1-4,6-7,23H,5H2,(H,20,21)(H,22,24). The van der Waals surface area contributed by atoms with E-state index in [1.807, 2.05) is 24.3 Å². The fourth-order valence-electron chi connectivity index (χ4n) is 2.58. The summed E-state index contributed by atoms with van der Waals surface area (Å²) in [6.45, 7) is 0. The molecule has 4 rings (SSSR count). The highest BCUT2D eigenvalue weighted by Gasteiger charge is 2.10. The highest BCUT2D eigenvalue weighted by molar-refractivity contribution is 7.09. The molecule has 0 spiro atoms. The molecule has 126 valence electrons. The fourth-order valence-corrected chi connectivity index (χ4v) is 3.66. The molecule has 0 radical (unpaired) electrons. The highest BCUT2D eigenvalue weighted by Crippen LogP contribution is 2.29. The van der Waals surface area contributed by atoms with Crippen molar-refractivity contribution in [1.29, 1.82) is 0 Å². The Balaban J connectivity index is 1.63. The maximum Gasteiger partial charge on any atom is 0.307 e. The lowest BCUT2D eigenvalue weighted by Gasteiger charge is -2.01. The van der Waals surface area contributed by atoms with E-state index in [1.54, 1.807) is 12.1 Å². The van der Waals surface area contributed by atoms with Gasteiger partial charge < -0.3 is 10.1 Å². The van der Waals surface area contributed by atoms with Gasteiger partial charge in [-0.2, -0.15) is 0 Å². The summed E-state index contributed by atoms with van der Waals surface area (Å²) in [7, 11) is 0. The van der Waals surface area contributed by atoms with E-state index < -0.39 is 0 Å². The molecular weight excluding hydrogens is 381 g/mol.